The first-order valence-corrected chi connectivity index (χ1v) is 8.04. The maximum absolute atomic E-state index is 14.0. The summed E-state index contributed by atoms with van der Waals surface area (Å²) in [4.78, 5) is 0.138. The minimum Gasteiger partial charge on any atom is -0.312 e. The first kappa shape index (κ1) is 17.4. The fourth-order valence-electron chi connectivity index (χ4n) is 1.65. The Labute approximate surface area is 125 Å². The lowest BCUT2D eigenvalue weighted by molar-refractivity contribution is 0.523. The Hall–Kier alpha value is -0.610. The van der Waals surface area contributed by atoms with Crippen molar-refractivity contribution in [3.8, 4) is 0 Å². The van der Waals surface area contributed by atoms with Gasteiger partial charge < -0.3 is 5.32 Å². The zero-order valence-electron chi connectivity index (χ0n) is 13.0. The highest BCUT2D eigenvalue weighted by Gasteiger charge is 2.17. The van der Waals surface area contributed by atoms with Gasteiger partial charge in [-0.25, -0.2) is 8.78 Å². The van der Waals surface area contributed by atoms with E-state index in [1.54, 1.807) is 0 Å². The number of hydrogen-bond donors (Lipinski definition) is 1. The SMILES string of the molecule is CC(C)CNCc1cc(F)c(SC(C)C(C)C)c(F)c1. The molecule has 1 aromatic rings. The smallest absolute Gasteiger partial charge is 0.140 e. The van der Waals surface area contributed by atoms with E-state index in [2.05, 4.69) is 33.0 Å². The molecule has 0 bridgehead atoms. The van der Waals surface area contributed by atoms with E-state index in [0.717, 1.165) is 6.54 Å². The predicted molar refractivity (Wildman–Crippen MR) is 83.1 cm³/mol. The van der Waals surface area contributed by atoms with Gasteiger partial charge in [0.05, 0.1) is 4.90 Å². The summed E-state index contributed by atoms with van der Waals surface area (Å²) in [6.07, 6.45) is 0. The lowest BCUT2D eigenvalue weighted by atomic mass is 10.1. The fraction of sp³-hybridized carbons (Fsp3) is 0.625. The molecule has 20 heavy (non-hydrogen) atoms. The predicted octanol–water partition coefficient (Wildman–Crippen LogP) is 4.85. The quantitative estimate of drug-likeness (QED) is 0.723. The second-order valence-electron chi connectivity index (χ2n) is 5.98. The average molecular weight is 301 g/mol. The van der Waals surface area contributed by atoms with Crippen molar-refractivity contribution in [2.75, 3.05) is 6.54 Å². The van der Waals surface area contributed by atoms with E-state index in [1.807, 2.05) is 6.92 Å². The Morgan fingerprint density at radius 2 is 1.60 bits per heavy atom. The van der Waals surface area contributed by atoms with E-state index in [-0.39, 0.29) is 10.1 Å². The molecular formula is C16H25F2NS. The number of halogens is 2. The summed E-state index contributed by atoms with van der Waals surface area (Å²) in [5.41, 5.74) is 0.655. The molecule has 0 saturated heterocycles. The monoisotopic (exact) mass is 301 g/mol. The van der Waals surface area contributed by atoms with Gasteiger partial charge in [-0.2, -0.15) is 0 Å². The third-order valence-corrected chi connectivity index (χ3v) is 4.72. The summed E-state index contributed by atoms with van der Waals surface area (Å²) in [5.74, 6) is -0.00899. The van der Waals surface area contributed by atoms with Gasteiger partial charge in [-0.1, -0.05) is 34.6 Å². The minimum absolute atomic E-state index is 0.138. The van der Waals surface area contributed by atoms with Crippen molar-refractivity contribution in [1.29, 1.82) is 0 Å². The van der Waals surface area contributed by atoms with Crippen LogP contribution in [-0.4, -0.2) is 11.8 Å². The highest BCUT2D eigenvalue weighted by Crippen LogP contribution is 2.32. The van der Waals surface area contributed by atoms with Crippen LogP contribution < -0.4 is 5.32 Å². The van der Waals surface area contributed by atoms with Crippen molar-refractivity contribution in [2.24, 2.45) is 11.8 Å². The number of benzene rings is 1. The molecule has 0 saturated carbocycles. The maximum Gasteiger partial charge on any atom is 0.140 e. The molecule has 0 radical (unpaired) electrons. The van der Waals surface area contributed by atoms with Crippen molar-refractivity contribution in [1.82, 2.24) is 5.32 Å². The maximum atomic E-state index is 14.0. The van der Waals surface area contributed by atoms with Crippen molar-refractivity contribution in [3.05, 3.63) is 29.3 Å². The van der Waals surface area contributed by atoms with Crippen LogP contribution in [0.5, 0.6) is 0 Å². The molecule has 1 rings (SSSR count). The largest absolute Gasteiger partial charge is 0.312 e. The van der Waals surface area contributed by atoms with Crippen molar-refractivity contribution in [2.45, 2.75) is 51.3 Å². The van der Waals surface area contributed by atoms with Crippen LogP contribution in [0.3, 0.4) is 0 Å². The molecular weight excluding hydrogens is 276 g/mol. The lowest BCUT2D eigenvalue weighted by Crippen LogP contribution is -2.19. The van der Waals surface area contributed by atoms with Crippen LogP contribution in [0, 0.1) is 23.5 Å². The fourth-order valence-corrected chi connectivity index (χ4v) is 2.64. The van der Waals surface area contributed by atoms with Gasteiger partial charge in [0.25, 0.3) is 0 Å². The van der Waals surface area contributed by atoms with E-state index in [9.17, 15) is 8.78 Å². The molecule has 1 atom stereocenters. The standard InChI is InChI=1S/C16H25F2NS/c1-10(2)8-19-9-13-6-14(17)16(15(18)7-13)20-12(5)11(3)4/h6-7,10-12,19H,8-9H2,1-5H3. The van der Waals surface area contributed by atoms with Gasteiger partial charge in [-0.3, -0.25) is 0 Å². The summed E-state index contributed by atoms with van der Waals surface area (Å²) < 4.78 is 28.1. The summed E-state index contributed by atoms with van der Waals surface area (Å²) in [6, 6.07) is 2.87. The van der Waals surface area contributed by atoms with Gasteiger partial charge in [0.15, 0.2) is 0 Å². The lowest BCUT2D eigenvalue weighted by Gasteiger charge is -2.16. The second kappa shape index (κ2) is 7.99. The molecule has 1 nitrogen and oxygen atoms in total. The molecule has 0 aromatic heterocycles. The molecule has 1 unspecified atom stereocenters. The molecule has 0 aliphatic carbocycles. The van der Waals surface area contributed by atoms with Crippen molar-refractivity contribution in [3.63, 3.8) is 0 Å². The Morgan fingerprint density at radius 1 is 1.05 bits per heavy atom. The number of nitrogens with one attached hydrogen (secondary N) is 1. The summed E-state index contributed by atoms with van der Waals surface area (Å²) in [7, 11) is 0. The van der Waals surface area contributed by atoms with Gasteiger partial charge in [0, 0.05) is 11.8 Å². The summed E-state index contributed by atoms with van der Waals surface area (Å²) in [5, 5.41) is 3.38. The van der Waals surface area contributed by atoms with Crippen LogP contribution in [0.15, 0.2) is 17.0 Å². The number of thioether (sulfide) groups is 1. The van der Waals surface area contributed by atoms with Crippen molar-refractivity contribution < 1.29 is 8.78 Å². The average Bonchev–Trinajstić information content (AvgIpc) is 2.32. The van der Waals surface area contributed by atoms with Crippen LogP contribution in [0.25, 0.3) is 0 Å². The Kier molecular flexibility index (Phi) is 6.96. The Bertz CT molecular complexity index is 409. The van der Waals surface area contributed by atoms with E-state index in [4.69, 9.17) is 0 Å². The minimum atomic E-state index is -0.455. The molecule has 1 aromatic carbocycles. The molecule has 1 N–H and O–H groups in total. The van der Waals surface area contributed by atoms with Gasteiger partial charge in [0.2, 0.25) is 0 Å². The zero-order valence-corrected chi connectivity index (χ0v) is 13.8. The van der Waals surface area contributed by atoms with Gasteiger partial charge in [-0.05, 0) is 36.1 Å². The molecule has 0 aliphatic heterocycles. The zero-order chi connectivity index (χ0) is 15.3. The second-order valence-corrected chi connectivity index (χ2v) is 7.37. The van der Waals surface area contributed by atoms with Crippen LogP contribution in [0.2, 0.25) is 0 Å². The first-order valence-electron chi connectivity index (χ1n) is 7.16. The van der Waals surface area contributed by atoms with Gasteiger partial charge in [0.1, 0.15) is 11.6 Å². The molecule has 114 valence electrons. The molecule has 0 amide bonds. The number of rotatable bonds is 7. The van der Waals surface area contributed by atoms with E-state index in [0.29, 0.717) is 23.9 Å². The molecule has 0 heterocycles. The molecule has 0 aliphatic rings. The highest BCUT2D eigenvalue weighted by molar-refractivity contribution is 8.00. The van der Waals surface area contributed by atoms with Gasteiger partial charge in [-0.15, -0.1) is 11.8 Å². The van der Waals surface area contributed by atoms with E-state index >= 15 is 0 Å². The molecule has 4 heteroatoms. The van der Waals surface area contributed by atoms with Crippen LogP contribution in [0.1, 0.15) is 40.2 Å². The Morgan fingerprint density at radius 3 is 2.05 bits per heavy atom. The third kappa shape index (κ3) is 5.41. The Balaban J connectivity index is 2.76. The van der Waals surface area contributed by atoms with Crippen LogP contribution in [0.4, 0.5) is 8.78 Å². The van der Waals surface area contributed by atoms with E-state index in [1.165, 1.54) is 23.9 Å². The normalized spacial score (nSPS) is 13.2. The number of hydrogen-bond acceptors (Lipinski definition) is 2. The van der Waals surface area contributed by atoms with E-state index < -0.39 is 11.6 Å². The molecule has 0 fully saturated rings. The van der Waals surface area contributed by atoms with Gasteiger partial charge >= 0.3 is 0 Å². The topological polar surface area (TPSA) is 12.0 Å². The summed E-state index contributed by atoms with van der Waals surface area (Å²) >= 11 is 1.27. The highest BCUT2D eigenvalue weighted by atomic mass is 32.2. The summed E-state index contributed by atoms with van der Waals surface area (Å²) in [6.45, 7) is 11.6. The van der Waals surface area contributed by atoms with Crippen LogP contribution >= 0.6 is 11.8 Å². The van der Waals surface area contributed by atoms with Crippen molar-refractivity contribution >= 4 is 11.8 Å². The molecule has 0 spiro atoms. The first-order chi connectivity index (χ1) is 9.31. The van der Waals surface area contributed by atoms with Crippen LogP contribution in [-0.2, 0) is 6.54 Å². The third-order valence-electron chi connectivity index (χ3n) is 3.18.